The van der Waals surface area contributed by atoms with Crippen molar-refractivity contribution in [2.24, 2.45) is 0 Å². The number of hydrogen-bond acceptors (Lipinski definition) is 5. The SMILES string of the molecule is CN1CCC(c2ccccc2F)c2ccc(Oc3ccc(N)nn3)c(F)c2C1. The molecule has 7 heteroatoms. The van der Waals surface area contributed by atoms with Crippen molar-refractivity contribution >= 4 is 5.82 Å². The summed E-state index contributed by atoms with van der Waals surface area (Å²) in [5.74, 6) is -0.502. The molecule has 0 fully saturated rings. The molecule has 1 aliphatic heterocycles. The number of rotatable bonds is 3. The van der Waals surface area contributed by atoms with E-state index in [4.69, 9.17) is 10.5 Å². The Hall–Kier alpha value is -3.06. The molecule has 1 unspecified atom stereocenters. The van der Waals surface area contributed by atoms with Crippen LogP contribution in [0.4, 0.5) is 14.6 Å². The zero-order valence-corrected chi connectivity index (χ0v) is 15.4. The summed E-state index contributed by atoms with van der Waals surface area (Å²) < 4.78 is 35.4. The summed E-state index contributed by atoms with van der Waals surface area (Å²) in [5, 5.41) is 7.52. The van der Waals surface area contributed by atoms with Crippen molar-refractivity contribution < 1.29 is 13.5 Å². The van der Waals surface area contributed by atoms with Crippen molar-refractivity contribution in [3.8, 4) is 11.6 Å². The summed E-state index contributed by atoms with van der Waals surface area (Å²) in [6.07, 6.45) is 0.702. The molecule has 0 amide bonds. The Kier molecular flexibility index (Phi) is 4.92. The second kappa shape index (κ2) is 7.52. The molecule has 2 N–H and O–H groups in total. The second-order valence-electron chi connectivity index (χ2n) is 6.94. The lowest BCUT2D eigenvalue weighted by Gasteiger charge is -2.20. The fourth-order valence-corrected chi connectivity index (χ4v) is 3.61. The number of aromatic nitrogens is 2. The first kappa shape index (κ1) is 18.3. The van der Waals surface area contributed by atoms with E-state index in [2.05, 4.69) is 10.2 Å². The van der Waals surface area contributed by atoms with Gasteiger partial charge in [0, 0.05) is 24.1 Å². The van der Waals surface area contributed by atoms with Crippen LogP contribution in [-0.2, 0) is 6.54 Å². The topological polar surface area (TPSA) is 64.3 Å². The molecule has 0 radical (unpaired) electrons. The van der Waals surface area contributed by atoms with E-state index >= 15 is 4.39 Å². The molecule has 5 nitrogen and oxygen atoms in total. The predicted molar refractivity (Wildman–Crippen MR) is 102 cm³/mol. The Balaban J connectivity index is 1.76. The van der Waals surface area contributed by atoms with Gasteiger partial charge in [-0.25, -0.2) is 8.78 Å². The smallest absolute Gasteiger partial charge is 0.239 e. The standard InChI is InChI=1S/C21H20F2N4O/c1-27-11-10-14(15-4-2-3-5-17(15)22)13-6-7-18(21(23)16(13)12-27)28-20-9-8-19(24)25-26-20/h2-9,14H,10-12H2,1H3,(H2,24,25). The van der Waals surface area contributed by atoms with E-state index in [1.54, 1.807) is 24.3 Å². The normalized spacial score (nSPS) is 17.0. The van der Waals surface area contributed by atoms with Crippen LogP contribution in [0.15, 0.2) is 48.5 Å². The number of nitrogens with zero attached hydrogens (tertiary/aromatic N) is 3. The Morgan fingerprint density at radius 2 is 1.86 bits per heavy atom. The lowest BCUT2D eigenvalue weighted by Crippen LogP contribution is -2.18. The Bertz CT molecular complexity index is 994. The number of nitrogen functional groups attached to an aromatic ring is 1. The molecule has 2 heterocycles. The summed E-state index contributed by atoms with van der Waals surface area (Å²) in [7, 11) is 1.92. The largest absolute Gasteiger partial charge is 0.434 e. The fourth-order valence-electron chi connectivity index (χ4n) is 3.61. The van der Waals surface area contributed by atoms with Gasteiger partial charge in [0.25, 0.3) is 0 Å². The number of nitrogens with two attached hydrogens (primary N) is 1. The maximum atomic E-state index is 15.3. The van der Waals surface area contributed by atoms with Crippen LogP contribution in [0.3, 0.4) is 0 Å². The molecule has 144 valence electrons. The molecule has 4 rings (SSSR count). The van der Waals surface area contributed by atoms with Gasteiger partial charge >= 0.3 is 0 Å². The molecule has 28 heavy (non-hydrogen) atoms. The third-order valence-electron chi connectivity index (χ3n) is 5.00. The molecule has 0 saturated carbocycles. The molecule has 1 aromatic heterocycles. The number of hydrogen-bond donors (Lipinski definition) is 1. The molecule has 0 spiro atoms. The highest BCUT2D eigenvalue weighted by Crippen LogP contribution is 2.39. The number of benzene rings is 2. The summed E-state index contributed by atoms with van der Waals surface area (Å²) in [5.41, 5.74) is 7.39. The number of ether oxygens (including phenoxy) is 1. The highest BCUT2D eigenvalue weighted by molar-refractivity contribution is 5.45. The van der Waals surface area contributed by atoms with Crippen LogP contribution in [0.2, 0.25) is 0 Å². The van der Waals surface area contributed by atoms with Gasteiger partial charge in [-0.05, 0) is 49.3 Å². The molecular formula is C21H20F2N4O. The van der Waals surface area contributed by atoms with Crippen LogP contribution in [0.5, 0.6) is 11.6 Å². The average molecular weight is 382 g/mol. The van der Waals surface area contributed by atoms with Crippen molar-refractivity contribution in [2.75, 3.05) is 19.3 Å². The van der Waals surface area contributed by atoms with Gasteiger partial charge in [0.05, 0.1) is 0 Å². The third kappa shape index (κ3) is 3.53. The predicted octanol–water partition coefficient (Wildman–Crippen LogP) is 4.10. The van der Waals surface area contributed by atoms with Gasteiger partial charge in [-0.1, -0.05) is 24.3 Å². The maximum Gasteiger partial charge on any atom is 0.239 e. The minimum Gasteiger partial charge on any atom is -0.434 e. The van der Waals surface area contributed by atoms with Gasteiger partial charge in [-0.2, -0.15) is 0 Å². The van der Waals surface area contributed by atoms with E-state index in [-0.39, 0.29) is 29.2 Å². The minimum absolute atomic E-state index is 0.0559. The Morgan fingerprint density at radius 1 is 1.04 bits per heavy atom. The molecule has 2 aromatic carbocycles. The summed E-state index contributed by atoms with van der Waals surface area (Å²) in [6.45, 7) is 1.14. The number of anilines is 1. The lowest BCUT2D eigenvalue weighted by atomic mass is 9.86. The first-order valence-electron chi connectivity index (χ1n) is 9.04. The Labute approximate surface area is 161 Å². The van der Waals surface area contributed by atoms with Gasteiger partial charge in [0.2, 0.25) is 5.88 Å². The Morgan fingerprint density at radius 3 is 2.61 bits per heavy atom. The summed E-state index contributed by atoms with van der Waals surface area (Å²) >= 11 is 0. The van der Waals surface area contributed by atoms with Crippen LogP contribution < -0.4 is 10.5 Å². The van der Waals surface area contributed by atoms with Gasteiger partial charge in [-0.3, -0.25) is 0 Å². The molecule has 0 aliphatic carbocycles. The molecule has 0 bridgehead atoms. The average Bonchev–Trinajstić information content (AvgIpc) is 2.85. The van der Waals surface area contributed by atoms with Crippen molar-refractivity contribution in [1.29, 1.82) is 0 Å². The molecule has 1 aliphatic rings. The highest BCUT2D eigenvalue weighted by atomic mass is 19.1. The molecule has 0 saturated heterocycles. The first-order valence-corrected chi connectivity index (χ1v) is 9.04. The van der Waals surface area contributed by atoms with Crippen LogP contribution in [0, 0.1) is 11.6 Å². The van der Waals surface area contributed by atoms with Crippen molar-refractivity contribution in [3.05, 3.63) is 76.9 Å². The third-order valence-corrected chi connectivity index (χ3v) is 5.00. The summed E-state index contributed by atoms with van der Waals surface area (Å²) in [4.78, 5) is 2.02. The van der Waals surface area contributed by atoms with Crippen molar-refractivity contribution in [1.82, 2.24) is 15.1 Å². The minimum atomic E-state index is -0.466. The fraction of sp³-hybridized carbons (Fsp3) is 0.238. The number of fused-ring (bicyclic) bond motifs is 1. The van der Waals surface area contributed by atoms with Gasteiger partial charge < -0.3 is 15.4 Å². The number of halogens is 2. The van der Waals surface area contributed by atoms with Crippen LogP contribution in [0.25, 0.3) is 0 Å². The molecule has 3 aromatic rings. The zero-order valence-electron chi connectivity index (χ0n) is 15.4. The van der Waals surface area contributed by atoms with E-state index in [1.807, 2.05) is 18.0 Å². The van der Waals surface area contributed by atoms with E-state index in [1.165, 1.54) is 18.2 Å². The first-order chi connectivity index (χ1) is 13.5. The van der Waals surface area contributed by atoms with Gasteiger partial charge in [0.1, 0.15) is 11.6 Å². The molecule has 1 atom stereocenters. The van der Waals surface area contributed by atoms with Crippen LogP contribution in [-0.4, -0.2) is 28.7 Å². The monoisotopic (exact) mass is 382 g/mol. The van der Waals surface area contributed by atoms with Crippen LogP contribution in [0.1, 0.15) is 29.0 Å². The van der Waals surface area contributed by atoms with Crippen molar-refractivity contribution in [2.45, 2.75) is 18.9 Å². The lowest BCUT2D eigenvalue weighted by molar-refractivity contribution is 0.321. The van der Waals surface area contributed by atoms with Crippen LogP contribution >= 0.6 is 0 Å². The summed E-state index contributed by atoms with van der Waals surface area (Å²) in [6, 6.07) is 13.1. The van der Waals surface area contributed by atoms with E-state index in [0.717, 1.165) is 12.1 Å². The van der Waals surface area contributed by atoms with Gasteiger partial charge in [-0.15, -0.1) is 10.2 Å². The van der Waals surface area contributed by atoms with Gasteiger partial charge in [0.15, 0.2) is 11.6 Å². The quantitative estimate of drug-likeness (QED) is 0.739. The molecular weight excluding hydrogens is 362 g/mol. The highest BCUT2D eigenvalue weighted by Gasteiger charge is 2.28. The van der Waals surface area contributed by atoms with E-state index in [9.17, 15) is 4.39 Å². The van der Waals surface area contributed by atoms with Crippen molar-refractivity contribution in [3.63, 3.8) is 0 Å². The second-order valence-corrected chi connectivity index (χ2v) is 6.94. The van der Waals surface area contributed by atoms with E-state index < -0.39 is 5.82 Å². The van der Waals surface area contributed by atoms with E-state index in [0.29, 0.717) is 24.1 Å². The maximum absolute atomic E-state index is 15.3. The zero-order chi connectivity index (χ0) is 19.7.